The maximum Gasteiger partial charge on any atom is 0.407 e. The average molecular weight is 595 g/mol. The van der Waals surface area contributed by atoms with Crippen LogP contribution < -0.4 is 20.7 Å². The van der Waals surface area contributed by atoms with E-state index < -0.39 is 23.3 Å². The number of hydrogen-bond acceptors (Lipinski definition) is 7. The number of nitrogens with zero attached hydrogens (tertiary/aromatic N) is 3. The minimum absolute atomic E-state index is 0.0369. The van der Waals surface area contributed by atoms with E-state index in [4.69, 9.17) is 9.47 Å². The molecule has 3 N–H and O–H groups in total. The number of aryl methyl sites for hydroxylation is 1. The molecule has 0 aliphatic rings. The number of anilines is 2. The smallest absolute Gasteiger partial charge is 0.407 e. The van der Waals surface area contributed by atoms with Crippen LogP contribution in [0.25, 0.3) is 16.9 Å². The molecule has 0 aliphatic carbocycles. The number of aromatic nitrogens is 3. The lowest BCUT2D eigenvalue weighted by Gasteiger charge is -2.19. The molecule has 0 atom stereocenters. The quantitative estimate of drug-likeness (QED) is 0.182. The molecule has 0 unspecified atom stereocenters. The maximum atomic E-state index is 14.9. The van der Waals surface area contributed by atoms with Crippen LogP contribution in [-0.4, -0.2) is 51.7 Å². The number of hydrogen-bond donors (Lipinski definition) is 3. The van der Waals surface area contributed by atoms with Crippen LogP contribution in [-0.2, 0) is 11.2 Å². The van der Waals surface area contributed by atoms with Gasteiger partial charge in [-0.3, -0.25) is 9.20 Å². The number of halogens is 2. The second-order valence-electron chi connectivity index (χ2n) is 10.7. The standard InChI is InChI=1S/C31H36F2N6O4/c1-6-19-17-20(9-10-21(19)29(40)35-13-8-14-36-30(41)43-31(3,4)5)38-27-28-37-18-23(39(28)16-15-34-27)22-11-12-24(42-7-2)26(33)25(22)32/h9-12,15-18H,6-8,13-14H2,1-5H3,(H,34,38)(H,35,40)(H,36,41). The summed E-state index contributed by atoms with van der Waals surface area (Å²) in [7, 11) is 0. The van der Waals surface area contributed by atoms with Gasteiger partial charge >= 0.3 is 6.09 Å². The highest BCUT2D eigenvalue weighted by molar-refractivity contribution is 5.96. The lowest BCUT2D eigenvalue weighted by molar-refractivity contribution is 0.0527. The molecule has 0 aliphatic heterocycles. The fraction of sp³-hybridized carbons (Fsp3) is 0.355. The molecular formula is C31H36F2N6O4. The van der Waals surface area contributed by atoms with E-state index in [0.717, 1.165) is 5.56 Å². The van der Waals surface area contributed by atoms with Crippen molar-refractivity contribution in [2.24, 2.45) is 0 Å². The van der Waals surface area contributed by atoms with Gasteiger partial charge in [-0.1, -0.05) is 6.92 Å². The van der Waals surface area contributed by atoms with Gasteiger partial charge in [-0.25, -0.2) is 19.2 Å². The fourth-order valence-corrected chi connectivity index (χ4v) is 4.42. The predicted octanol–water partition coefficient (Wildman–Crippen LogP) is 6.02. The zero-order valence-electron chi connectivity index (χ0n) is 24.9. The molecule has 10 nitrogen and oxygen atoms in total. The Kier molecular flexibility index (Phi) is 9.79. The van der Waals surface area contributed by atoms with Crippen LogP contribution in [0, 0.1) is 11.6 Å². The highest BCUT2D eigenvalue weighted by Crippen LogP contribution is 2.32. The van der Waals surface area contributed by atoms with Crippen molar-refractivity contribution in [1.82, 2.24) is 25.0 Å². The summed E-state index contributed by atoms with van der Waals surface area (Å²) in [6.07, 6.45) is 5.25. The van der Waals surface area contributed by atoms with Crippen molar-refractivity contribution in [2.45, 2.75) is 53.1 Å². The average Bonchev–Trinajstić information content (AvgIpc) is 3.39. The highest BCUT2D eigenvalue weighted by Gasteiger charge is 2.20. The number of alkyl carbamates (subject to hydrolysis) is 1. The molecule has 43 heavy (non-hydrogen) atoms. The third kappa shape index (κ3) is 7.56. The molecule has 12 heteroatoms. The van der Waals surface area contributed by atoms with Crippen molar-refractivity contribution in [3.8, 4) is 17.0 Å². The molecule has 4 aromatic rings. The summed E-state index contributed by atoms with van der Waals surface area (Å²) in [5.74, 6) is -2.06. The molecule has 0 saturated heterocycles. The van der Waals surface area contributed by atoms with Gasteiger partial charge in [0.05, 0.1) is 18.5 Å². The number of amides is 2. The number of benzene rings is 2. The normalized spacial score (nSPS) is 11.3. The van der Waals surface area contributed by atoms with E-state index in [1.165, 1.54) is 24.5 Å². The lowest BCUT2D eigenvalue weighted by atomic mass is 10.0. The number of imidazole rings is 1. The SMILES string of the molecule is CCOc1ccc(-c2cnc3c(Nc4ccc(C(=O)NCCCNC(=O)OC(C)(C)C)c(CC)c4)nccn23)c(F)c1F. The Balaban J connectivity index is 1.44. The first-order valence-corrected chi connectivity index (χ1v) is 14.1. The molecule has 2 amide bonds. The third-order valence-corrected chi connectivity index (χ3v) is 6.35. The summed E-state index contributed by atoms with van der Waals surface area (Å²) in [4.78, 5) is 33.4. The number of rotatable bonds is 11. The van der Waals surface area contributed by atoms with E-state index in [0.29, 0.717) is 54.3 Å². The fourth-order valence-electron chi connectivity index (χ4n) is 4.42. The minimum atomic E-state index is -1.06. The van der Waals surface area contributed by atoms with Gasteiger partial charge in [0, 0.05) is 42.3 Å². The largest absolute Gasteiger partial charge is 0.491 e. The second kappa shape index (κ2) is 13.5. The predicted molar refractivity (Wildman–Crippen MR) is 160 cm³/mol. The number of nitrogens with one attached hydrogen (secondary N) is 3. The Labute approximate surface area is 248 Å². The van der Waals surface area contributed by atoms with Gasteiger partial charge < -0.3 is 25.4 Å². The van der Waals surface area contributed by atoms with Gasteiger partial charge in [-0.05, 0) is 76.4 Å². The molecule has 4 rings (SSSR count). The van der Waals surface area contributed by atoms with E-state index in [1.807, 2.05) is 13.0 Å². The van der Waals surface area contributed by atoms with E-state index in [1.54, 1.807) is 50.4 Å². The number of carbonyl (C=O) groups is 2. The lowest BCUT2D eigenvalue weighted by Crippen LogP contribution is -2.34. The summed E-state index contributed by atoms with van der Waals surface area (Å²) in [5.41, 5.74) is 2.26. The maximum absolute atomic E-state index is 14.9. The van der Waals surface area contributed by atoms with Crippen molar-refractivity contribution in [3.05, 3.63) is 71.7 Å². The van der Waals surface area contributed by atoms with Gasteiger partial charge in [0.15, 0.2) is 23.0 Å². The Bertz CT molecular complexity index is 1620. The minimum Gasteiger partial charge on any atom is -0.491 e. The van der Waals surface area contributed by atoms with Crippen LogP contribution in [0.15, 0.2) is 48.9 Å². The molecule has 2 aromatic heterocycles. The van der Waals surface area contributed by atoms with Gasteiger partial charge in [-0.2, -0.15) is 4.39 Å². The topological polar surface area (TPSA) is 119 Å². The van der Waals surface area contributed by atoms with Crippen LogP contribution in [0.3, 0.4) is 0 Å². The molecule has 0 radical (unpaired) electrons. The van der Waals surface area contributed by atoms with Crippen molar-refractivity contribution in [3.63, 3.8) is 0 Å². The zero-order valence-corrected chi connectivity index (χ0v) is 24.9. The van der Waals surface area contributed by atoms with E-state index in [9.17, 15) is 18.4 Å². The van der Waals surface area contributed by atoms with E-state index >= 15 is 0 Å². The van der Waals surface area contributed by atoms with E-state index in [-0.39, 0.29) is 23.8 Å². The van der Waals surface area contributed by atoms with Crippen LogP contribution in [0.5, 0.6) is 5.75 Å². The molecule has 0 spiro atoms. The first-order chi connectivity index (χ1) is 20.5. The molecule has 2 aromatic carbocycles. The first-order valence-electron chi connectivity index (χ1n) is 14.1. The molecular weight excluding hydrogens is 558 g/mol. The Morgan fingerprint density at radius 1 is 1.00 bits per heavy atom. The van der Waals surface area contributed by atoms with Crippen molar-refractivity contribution < 1.29 is 27.8 Å². The van der Waals surface area contributed by atoms with Crippen molar-refractivity contribution in [2.75, 3.05) is 25.0 Å². The van der Waals surface area contributed by atoms with Crippen LogP contribution in [0.2, 0.25) is 0 Å². The number of carbonyl (C=O) groups excluding carboxylic acids is 2. The summed E-state index contributed by atoms with van der Waals surface area (Å²) in [5, 5.41) is 8.78. The zero-order chi connectivity index (χ0) is 31.1. The van der Waals surface area contributed by atoms with Crippen molar-refractivity contribution in [1.29, 1.82) is 0 Å². The molecule has 0 bridgehead atoms. The van der Waals surface area contributed by atoms with Crippen LogP contribution in [0.1, 0.15) is 57.0 Å². The Morgan fingerprint density at radius 2 is 1.77 bits per heavy atom. The summed E-state index contributed by atoms with van der Waals surface area (Å²) in [6.45, 7) is 9.98. The molecule has 0 saturated carbocycles. The number of fused-ring (bicyclic) bond motifs is 1. The van der Waals surface area contributed by atoms with Gasteiger partial charge in [0.1, 0.15) is 5.60 Å². The molecule has 0 fully saturated rings. The van der Waals surface area contributed by atoms with Crippen molar-refractivity contribution >= 4 is 29.2 Å². The summed E-state index contributed by atoms with van der Waals surface area (Å²) < 4.78 is 41.4. The molecule has 2 heterocycles. The molecule has 228 valence electrons. The van der Waals surface area contributed by atoms with E-state index in [2.05, 4.69) is 25.9 Å². The van der Waals surface area contributed by atoms with Gasteiger partial charge in [0.2, 0.25) is 5.82 Å². The summed E-state index contributed by atoms with van der Waals surface area (Å²) >= 11 is 0. The monoisotopic (exact) mass is 594 g/mol. The van der Waals surface area contributed by atoms with Gasteiger partial charge in [-0.15, -0.1) is 0 Å². The van der Waals surface area contributed by atoms with Crippen LogP contribution >= 0.6 is 0 Å². The Hall–Kier alpha value is -4.74. The second-order valence-corrected chi connectivity index (χ2v) is 10.7. The Morgan fingerprint density at radius 3 is 2.49 bits per heavy atom. The highest BCUT2D eigenvalue weighted by atomic mass is 19.2. The number of ether oxygens (including phenoxy) is 2. The summed E-state index contributed by atoms with van der Waals surface area (Å²) in [6, 6.07) is 8.19. The van der Waals surface area contributed by atoms with Gasteiger partial charge in [0.25, 0.3) is 5.91 Å². The third-order valence-electron chi connectivity index (χ3n) is 6.35. The first kappa shape index (κ1) is 31.2. The van der Waals surface area contributed by atoms with Crippen LogP contribution in [0.4, 0.5) is 25.1 Å².